The molecule has 166 valence electrons. The van der Waals surface area contributed by atoms with Crippen molar-refractivity contribution in [1.82, 2.24) is 4.98 Å². The Morgan fingerprint density at radius 2 is 1.84 bits per heavy atom. The van der Waals surface area contributed by atoms with Crippen LogP contribution in [0, 0.1) is 0 Å². The number of carbonyl (C=O) groups is 3. The van der Waals surface area contributed by atoms with Gasteiger partial charge in [-0.3, -0.25) is 10.1 Å². The normalized spacial score (nSPS) is 11.3. The second kappa shape index (κ2) is 9.76. The number of ether oxygens (including phenoxy) is 2. The summed E-state index contributed by atoms with van der Waals surface area (Å²) in [6.07, 6.45) is 0.838. The molecule has 32 heavy (non-hydrogen) atoms. The molecule has 0 saturated heterocycles. The number of nitrogens with two attached hydrogens (primary N) is 1. The van der Waals surface area contributed by atoms with Crippen molar-refractivity contribution in [3.63, 3.8) is 0 Å². The van der Waals surface area contributed by atoms with Gasteiger partial charge in [-0.15, -0.1) is 0 Å². The second-order valence-corrected chi connectivity index (χ2v) is 7.40. The van der Waals surface area contributed by atoms with Crippen LogP contribution in [0.15, 0.2) is 36.4 Å². The van der Waals surface area contributed by atoms with E-state index < -0.39 is 18.0 Å². The Morgan fingerprint density at radius 3 is 2.44 bits per heavy atom. The number of aromatic nitrogens is 1. The van der Waals surface area contributed by atoms with Gasteiger partial charge in [0.1, 0.15) is 5.69 Å². The molecule has 3 aromatic rings. The van der Waals surface area contributed by atoms with Crippen molar-refractivity contribution in [2.45, 2.75) is 6.92 Å². The Balaban J connectivity index is 2.17. The number of hydrogen-bond acceptors (Lipinski definition) is 5. The third-order valence-electron chi connectivity index (χ3n) is 4.51. The Labute approximate surface area is 193 Å². The fourth-order valence-electron chi connectivity index (χ4n) is 3.12. The average molecular weight is 476 g/mol. The van der Waals surface area contributed by atoms with Crippen molar-refractivity contribution >= 4 is 69.4 Å². The van der Waals surface area contributed by atoms with Crippen LogP contribution >= 0.6 is 23.2 Å². The number of methoxy groups -OCH3 is 1. The lowest BCUT2D eigenvalue weighted by Gasteiger charge is -2.08. The number of nitrogens with one attached hydrogen (secondary N) is 2. The number of H-pyrrole nitrogens is 1. The smallest absolute Gasteiger partial charge is 0.411 e. The second-order valence-electron chi connectivity index (χ2n) is 6.56. The molecular formula is C22H19Cl2N3O5. The first kappa shape index (κ1) is 23.2. The fraction of sp³-hybridized carbons (Fsp3) is 0.136. The first-order chi connectivity index (χ1) is 15.2. The molecule has 3 rings (SSSR count). The fourth-order valence-corrected chi connectivity index (χ4v) is 3.72. The van der Waals surface area contributed by atoms with E-state index in [1.165, 1.54) is 19.3 Å². The largest absolute Gasteiger partial charge is 0.461 e. The molecule has 0 aliphatic heterocycles. The number of fused-ring (bicyclic) bond motifs is 1. The molecule has 0 spiro atoms. The molecule has 0 atom stereocenters. The van der Waals surface area contributed by atoms with Crippen LogP contribution in [0.2, 0.25) is 10.0 Å². The highest BCUT2D eigenvalue weighted by Crippen LogP contribution is 2.35. The number of carbonyl (C=O) groups excluding carboxylic acids is 3. The molecule has 0 saturated carbocycles. The zero-order valence-electron chi connectivity index (χ0n) is 17.1. The first-order valence-electron chi connectivity index (χ1n) is 9.39. The summed E-state index contributed by atoms with van der Waals surface area (Å²) in [5.74, 6) is -1.35. The van der Waals surface area contributed by atoms with Crippen LogP contribution in [0.25, 0.3) is 22.6 Å². The molecule has 0 bridgehead atoms. The molecule has 8 nitrogen and oxygen atoms in total. The van der Waals surface area contributed by atoms with E-state index in [1.54, 1.807) is 37.3 Å². The number of esters is 1. The number of aromatic amines is 1. The summed E-state index contributed by atoms with van der Waals surface area (Å²) in [5, 5.41) is 3.66. The number of rotatable bonds is 6. The van der Waals surface area contributed by atoms with Gasteiger partial charge in [-0.2, -0.15) is 0 Å². The minimum atomic E-state index is -0.729. The molecule has 0 radical (unpaired) electrons. The van der Waals surface area contributed by atoms with Crippen molar-refractivity contribution in [3.05, 3.63) is 63.3 Å². The van der Waals surface area contributed by atoms with Crippen LogP contribution in [-0.2, 0) is 14.3 Å². The van der Waals surface area contributed by atoms with Crippen molar-refractivity contribution < 1.29 is 23.9 Å². The summed E-state index contributed by atoms with van der Waals surface area (Å²) in [4.78, 5) is 39.2. The molecule has 0 aliphatic rings. The molecular weight excluding hydrogens is 457 g/mol. The zero-order valence-corrected chi connectivity index (χ0v) is 18.6. The minimum absolute atomic E-state index is 0.105. The number of anilines is 1. The summed E-state index contributed by atoms with van der Waals surface area (Å²) in [6, 6.07) is 9.50. The molecule has 4 N–H and O–H groups in total. The Kier molecular flexibility index (Phi) is 7.07. The van der Waals surface area contributed by atoms with Crippen LogP contribution in [0.4, 0.5) is 10.5 Å². The van der Waals surface area contributed by atoms with Crippen LogP contribution < -0.4 is 11.1 Å². The molecule has 0 fully saturated rings. The van der Waals surface area contributed by atoms with E-state index >= 15 is 0 Å². The van der Waals surface area contributed by atoms with Gasteiger partial charge in [-0.1, -0.05) is 35.3 Å². The lowest BCUT2D eigenvalue weighted by atomic mass is 10.00. The lowest BCUT2D eigenvalue weighted by Crippen LogP contribution is -2.14. The van der Waals surface area contributed by atoms with Crippen LogP contribution in [0.3, 0.4) is 0 Å². The summed E-state index contributed by atoms with van der Waals surface area (Å²) < 4.78 is 9.69. The molecule has 0 unspecified atom stereocenters. The zero-order chi connectivity index (χ0) is 23.4. The molecule has 0 aliphatic carbocycles. The van der Waals surface area contributed by atoms with Gasteiger partial charge in [-0.05, 0) is 42.8 Å². The van der Waals surface area contributed by atoms with Crippen molar-refractivity contribution in [2.24, 2.45) is 5.73 Å². The third-order valence-corrected chi connectivity index (χ3v) is 5.03. The van der Waals surface area contributed by atoms with E-state index in [0.717, 1.165) is 0 Å². The SMILES string of the molecule is CCOC(=O)c1[nH]c2cc(Cl)cc(Cl)c2c1/C=C(\C(N)=O)c1ccc(NC(=O)OC)cc1. The van der Waals surface area contributed by atoms with Crippen LogP contribution in [-0.4, -0.2) is 36.7 Å². The summed E-state index contributed by atoms with van der Waals surface area (Å²) in [6.45, 7) is 1.84. The Morgan fingerprint density at radius 1 is 1.16 bits per heavy atom. The molecule has 10 heteroatoms. The maximum absolute atomic E-state index is 12.6. The van der Waals surface area contributed by atoms with Gasteiger partial charge in [0.2, 0.25) is 5.91 Å². The van der Waals surface area contributed by atoms with E-state index in [1.807, 2.05) is 0 Å². The summed E-state index contributed by atoms with van der Waals surface area (Å²) in [5.41, 5.74) is 7.62. The summed E-state index contributed by atoms with van der Waals surface area (Å²) >= 11 is 12.5. The Bertz CT molecular complexity index is 1230. The van der Waals surface area contributed by atoms with Gasteiger partial charge in [0, 0.05) is 32.7 Å². The van der Waals surface area contributed by atoms with Crippen LogP contribution in [0.5, 0.6) is 0 Å². The predicted octanol–water partition coefficient (Wildman–Crippen LogP) is 4.86. The first-order valence-corrected chi connectivity index (χ1v) is 10.2. The van der Waals surface area contributed by atoms with Gasteiger partial charge < -0.3 is 20.2 Å². The lowest BCUT2D eigenvalue weighted by molar-refractivity contribution is -0.112. The van der Waals surface area contributed by atoms with Gasteiger partial charge >= 0.3 is 12.1 Å². The van der Waals surface area contributed by atoms with E-state index in [9.17, 15) is 14.4 Å². The van der Waals surface area contributed by atoms with Crippen LogP contribution in [0.1, 0.15) is 28.5 Å². The topological polar surface area (TPSA) is 124 Å². The number of primary amides is 1. The molecule has 2 aromatic carbocycles. The van der Waals surface area contributed by atoms with Crippen molar-refractivity contribution in [3.8, 4) is 0 Å². The highest BCUT2D eigenvalue weighted by atomic mass is 35.5. The quantitative estimate of drug-likeness (QED) is 0.347. The highest BCUT2D eigenvalue weighted by molar-refractivity contribution is 6.39. The average Bonchev–Trinajstić information content (AvgIpc) is 3.11. The maximum Gasteiger partial charge on any atom is 0.411 e. The number of hydrogen-bond donors (Lipinski definition) is 3. The Hall–Kier alpha value is -3.49. The van der Waals surface area contributed by atoms with E-state index in [4.69, 9.17) is 33.7 Å². The van der Waals surface area contributed by atoms with Gasteiger partial charge in [-0.25, -0.2) is 9.59 Å². The predicted molar refractivity (Wildman–Crippen MR) is 124 cm³/mol. The number of halogens is 2. The van der Waals surface area contributed by atoms with E-state index in [-0.39, 0.29) is 22.9 Å². The van der Waals surface area contributed by atoms with E-state index in [2.05, 4.69) is 15.0 Å². The number of benzene rings is 2. The van der Waals surface area contributed by atoms with Crippen molar-refractivity contribution in [2.75, 3.05) is 19.0 Å². The van der Waals surface area contributed by atoms with Crippen molar-refractivity contribution in [1.29, 1.82) is 0 Å². The molecule has 1 heterocycles. The number of amides is 2. The summed E-state index contributed by atoms with van der Waals surface area (Å²) in [7, 11) is 1.25. The molecule has 2 amide bonds. The third kappa shape index (κ3) is 4.87. The van der Waals surface area contributed by atoms with E-state index in [0.29, 0.717) is 32.7 Å². The van der Waals surface area contributed by atoms with Gasteiger partial charge in [0.15, 0.2) is 0 Å². The molecule has 1 aromatic heterocycles. The maximum atomic E-state index is 12.6. The van der Waals surface area contributed by atoms with Gasteiger partial charge in [0.25, 0.3) is 0 Å². The minimum Gasteiger partial charge on any atom is -0.461 e. The standard InChI is InChI=1S/C22H19Cl2N3O5/c1-3-32-21(29)19-15(18-16(24)8-12(23)9-17(18)27-19)10-14(20(25)28)11-4-6-13(7-5-11)26-22(30)31-2/h4-10,27H,3H2,1-2H3,(H2,25,28)(H,26,30)/b14-10-. The monoisotopic (exact) mass is 475 g/mol. The van der Waals surface area contributed by atoms with Gasteiger partial charge in [0.05, 0.1) is 18.7 Å². The highest BCUT2D eigenvalue weighted by Gasteiger charge is 2.22.